The normalized spacial score (nSPS) is 26.2. The Morgan fingerprint density at radius 2 is 1.61 bits per heavy atom. The average Bonchev–Trinajstić information content (AvgIpc) is 3.48. The van der Waals surface area contributed by atoms with Gasteiger partial charge in [-0.05, 0) is 30.2 Å². The highest BCUT2D eigenvalue weighted by atomic mass is 16.5. The minimum atomic E-state index is -1.40. The summed E-state index contributed by atoms with van der Waals surface area (Å²) in [6, 6.07) is 22.7. The first-order chi connectivity index (χ1) is 17.5. The van der Waals surface area contributed by atoms with E-state index < -0.39 is 41.2 Å². The number of methoxy groups -OCH3 is 1. The number of nitrogens with one attached hydrogen (secondary N) is 2. The summed E-state index contributed by atoms with van der Waals surface area (Å²) < 4.78 is 4.89. The van der Waals surface area contributed by atoms with Crippen molar-refractivity contribution in [3.63, 3.8) is 0 Å². The highest BCUT2D eigenvalue weighted by molar-refractivity contribution is 6.27. The van der Waals surface area contributed by atoms with E-state index in [9.17, 15) is 19.2 Å². The zero-order chi connectivity index (χ0) is 25.0. The van der Waals surface area contributed by atoms with Gasteiger partial charge in [-0.25, -0.2) is 9.69 Å². The number of anilines is 2. The number of fused-ring (bicyclic) bond motifs is 4. The van der Waals surface area contributed by atoms with Gasteiger partial charge in [-0.15, -0.1) is 0 Å². The second-order valence-electron chi connectivity index (χ2n) is 9.27. The molecular weight excluding hydrogens is 458 g/mol. The summed E-state index contributed by atoms with van der Waals surface area (Å²) in [7, 11) is 1.25. The maximum atomic E-state index is 14.1. The number of nitrogens with zero attached hydrogens (tertiary/aromatic N) is 1. The van der Waals surface area contributed by atoms with Crippen molar-refractivity contribution < 1.29 is 23.9 Å². The van der Waals surface area contributed by atoms with Gasteiger partial charge in [0.2, 0.25) is 17.7 Å². The Kier molecular flexibility index (Phi) is 5.01. The highest BCUT2D eigenvalue weighted by Gasteiger charge is 2.70. The summed E-state index contributed by atoms with van der Waals surface area (Å²) in [4.78, 5) is 55.2. The molecule has 4 atom stereocenters. The lowest BCUT2D eigenvalue weighted by Crippen LogP contribution is -2.53. The van der Waals surface area contributed by atoms with E-state index in [4.69, 9.17) is 4.74 Å². The fraction of sp³-hybridized carbons (Fsp3) is 0.214. The topological polar surface area (TPSA) is 105 Å². The fourth-order valence-electron chi connectivity index (χ4n) is 5.99. The molecule has 0 aliphatic carbocycles. The van der Waals surface area contributed by atoms with Crippen LogP contribution in [0.25, 0.3) is 0 Å². The molecule has 3 aliphatic rings. The molecule has 2 fully saturated rings. The van der Waals surface area contributed by atoms with Crippen molar-refractivity contribution in [3.8, 4) is 0 Å². The van der Waals surface area contributed by atoms with Crippen LogP contribution in [-0.4, -0.2) is 36.8 Å². The lowest BCUT2D eigenvalue weighted by Gasteiger charge is -2.30. The minimum Gasteiger partial charge on any atom is -0.465 e. The van der Waals surface area contributed by atoms with E-state index in [1.165, 1.54) is 13.2 Å². The number of ether oxygens (including phenoxy) is 1. The molecule has 0 aromatic heterocycles. The Morgan fingerprint density at radius 3 is 2.39 bits per heavy atom. The van der Waals surface area contributed by atoms with Crippen molar-refractivity contribution in [1.82, 2.24) is 5.32 Å². The van der Waals surface area contributed by atoms with Crippen LogP contribution < -0.4 is 15.5 Å². The van der Waals surface area contributed by atoms with Crippen molar-refractivity contribution >= 4 is 35.1 Å². The molecule has 3 aromatic rings. The number of esters is 1. The zero-order valence-electron chi connectivity index (χ0n) is 19.4. The maximum absolute atomic E-state index is 14.1. The second kappa shape index (κ2) is 8.13. The quantitative estimate of drug-likeness (QED) is 0.439. The third-order valence-electron chi connectivity index (χ3n) is 7.47. The number of hydrogen-bond donors (Lipinski definition) is 2. The van der Waals surface area contributed by atoms with Crippen LogP contribution in [-0.2, 0) is 31.1 Å². The first-order valence-electron chi connectivity index (χ1n) is 11.7. The molecule has 0 saturated carbocycles. The van der Waals surface area contributed by atoms with Gasteiger partial charge in [0.25, 0.3) is 0 Å². The third-order valence-corrected chi connectivity index (χ3v) is 7.47. The van der Waals surface area contributed by atoms with Crippen LogP contribution >= 0.6 is 0 Å². The average molecular weight is 482 g/mol. The smallest absolute Gasteiger partial charge is 0.339 e. The zero-order valence-corrected chi connectivity index (χ0v) is 19.4. The van der Waals surface area contributed by atoms with E-state index in [-0.39, 0.29) is 17.2 Å². The number of carbonyl (C=O) groups excluding carboxylic acids is 4. The van der Waals surface area contributed by atoms with Crippen molar-refractivity contribution in [2.24, 2.45) is 11.8 Å². The predicted octanol–water partition coefficient (Wildman–Crippen LogP) is 2.64. The van der Waals surface area contributed by atoms with Crippen LogP contribution in [0.5, 0.6) is 0 Å². The molecule has 8 heteroatoms. The van der Waals surface area contributed by atoms with Gasteiger partial charge in [0.1, 0.15) is 5.54 Å². The summed E-state index contributed by atoms with van der Waals surface area (Å²) in [6.45, 7) is 0. The highest BCUT2D eigenvalue weighted by Crippen LogP contribution is 2.54. The van der Waals surface area contributed by atoms with Gasteiger partial charge in [-0.3, -0.25) is 19.7 Å². The van der Waals surface area contributed by atoms with Crippen LogP contribution in [0.15, 0.2) is 78.9 Å². The summed E-state index contributed by atoms with van der Waals surface area (Å²) >= 11 is 0. The Labute approximate surface area is 207 Å². The van der Waals surface area contributed by atoms with Crippen molar-refractivity contribution in [3.05, 3.63) is 95.6 Å². The van der Waals surface area contributed by atoms with E-state index in [2.05, 4.69) is 10.6 Å². The summed E-state index contributed by atoms with van der Waals surface area (Å²) in [6.07, 6.45) is 0.449. The number of benzene rings is 3. The summed E-state index contributed by atoms with van der Waals surface area (Å²) in [5, 5.41) is 6.33. The maximum Gasteiger partial charge on any atom is 0.339 e. The molecule has 3 aliphatic heterocycles. The Morgan fingerprint density at radius 1 is 0.917 bits per heavy atom. The van der Waals surface area contributed by atoms with Crippen molar-refractivity contribution in [2.45, 2.75) is 18.0 Å². The molecule has 3 aromatic carbocycles. The van der Waals surface area contributed by atoms with Crippen LogP contribution in [0.4, 0.5) is 11.4 Å². The molecule has 6 rings (SSSR count). The molecule has 0 radical (unpaired) electrons. The van der Waals surface area contributed by atoms with Crippen molar-refractivity contribution in [2.75, 3.05) is 17.3 Å². The molecule has 2 saturated heterocycles. The fourth-order valence-corrected chi connectivity index (χ4v) is 5.99. The molecule has 4 unspecified atom stereocenters. The lowest BCUT2D eigenvalue weighted by atomic mass is 9.76. The van der Waals surface area contributed by atoms with E-state index in [0.717, 1.165) is 10.5 Å². The largest absolute Gasteiger partial charge is 0.465 e. The Bertz CT molecular complexity index is 1420. The molecule has 3 amide bonds. The van der Waals surface area contributed by atoms with Gasteiger partial charge in [-0.2, -0.15) is 0 Å². The lowest BCUT2D eigenvalue weighted by molar-refractivity contribution is -0.130. The van der Waals surface area contributed by atoms with Crippen LogP contribution in [0.2, 0.25) is 0 Å². The number of rotatable bonds is 4. The molecule has 180 valence electrons. The standard InChI is InChI=1S/C28H23N3O5/c1-36-26(34)17-11-5-8-14-21(17)31-24(32)22-20(15-16-9-3-2-4-10-16)30-28(23(22)25(31)33)18-12-6-7-13-19(18)29-27(28)35/h2-14,20,22-23,30H,15H2,1H3,(H,29,35). The minimum absolute atomic E-state index is 0.111. The van der Waals surface area contributed by atoms with Crippen LogP contribution in [0.1, 0.15) is 21.5 Å². The molecule has 2 N–H and O–H groups in total. The van der Waals surface area contributed by atoms with Gasteiger partial charge >= 0.3 is 5.97 Å². The SMILES string of the molecule is COC(=O)c1ccccc1N1C(=O)C2C(Cc3ccccc3)NC3(C(=O)Nc4ccccc43)C2C1=O. The van der Waals surface area contributed by atoms with Crippen LogP contribution in [0.3, 0.4) is 0 Å². The monoisotopic (exact) mass is 481 g/mol. The molecule has 0 bridgehead atoms. The van der Waals surface area contributed by atoms with Crippen LogP contribution in [0, 0.1) is 11.8 Å². The third kappa shape index (κ3) is 2.97. The van der Waals surface area contributed by atoms with Gasteiger partial charge in [0, 0.05) is 17.3 Å². The van der Waals surface area contributed by atoms with Gasteiger partial charge in [0.05, 0.1) is 30.2 Å². The Hall–Kier alpha value is -4.30. The predicted molar refractivity (Wildman–Crippen MR) is 131 cm³/mol. The number of amides is 3. The van der Waals surface area contributed by atoms with Gasteiger partial charge in [0.15, 0.2) is 0 Å². The first-order valence-corrected chi connectivity index (χ1v) is 11.7. The number of carbonyl (C=O) groups is 4. The molecule has 36 heavy (non-hydrogen) atoms. The number of hydrogen-bond acceptors (Lipinski definition) is 6. The van der Waals surface area contributed by atoms with E-state index >= 15 is 0 Å². The van der Waals surface area contributed by atoms with E-state index in [0.29, 0.717) is 17.7 Å². The van der Waals surface area contributed by atoms with E-state index in [1.54, 1.807) is 24.3 Å². The van der Waals surface area contributed by atoms with Gasteiger partial charge < -0.3 is 10.1 Å². The Balaban J connectivity index is 1.51. The van der Waals surface area contributed by atoms with Gasteiger partial charge in [-0.1, -0.05) is 60.7 Å². The summed E-state index contributed by atoms with van der Waals surface area (Å²) in [5.74, 6) is -3.76. The molecular formula is C28H23N3O5. The summed E-state index contributed by atoms with van der Waals surface area (Å²) in [5.41, 5.74) is 1.11. The molecule has 8 nitrogen and oxygen atoms in total. The van der Waals surface area contributed by atoms with E-state index in [1.807, 2.05) is 48.5 Å². The molecule has 3 heterocycles. The number of para-hydroxylation sites is 2. The number of imide groups is 1. The second-order valence-corrected chi connectivity index (χ2v) is 9.27. The van der Waals surface area contributed by atoms with Crippen molar-refractivity contribution in [1.29, 1.82) is 0 Å². The first kappa shape index (κ1) is 22.2. The molecule has 1 spiro atoms.